The van der Waals surface area contributed by atoms with E-state index in [0.717, 1.165) is 5.56 Å². The zero-order chi connectivity index (χ0) is 14.0. The van der Waals surface area contributed by atoms with Crippen molar-refractivity contribution in [1.82, 2.24) is 9.78 Å². The number of rotatable bonds is 3. The third kappa shape index (κ3) is 2.92. The predicted molar refractivity (Wildman–Crippen MR) is 71.6 cm³/mol. The third-order valence-electron chi connectivity index (χ3n) is 2.83. The molecule has 6 heteroatoms. The number of phenolic OH excluding ortho intramolecular Hbond substituents is 1. The van der Waals surface area contributed by atoms with Crippen molar-refractivity contribution in [3.63, 3.8) is 0 Å². The Morgan fingerprint density at radius 3 is 2.84 bits per heavy atom. The number of hydrogen-bond donors (Lipinski definition) is 3. The molecule has 0 radical (unpaired) electrons. The number of nitrogens with zero attached hydrogens (tertiary/aromatic N) is 2. The molecule has 0 aliphatic carbocycles. The first-order chi connectivity index (χ1) is 8.97. The van der Waals surface area contributed by atoms with Crippen LogP contribution in [0.15, 0.2) is 30.6 Å². The molecule has 1 aromatic heterocycles. The molecule has 0 fully saturated rings. The fourth-order valence-electron chi connectivity index (χ4n) is 1.75. The van der Waals surface area contributed by atoms with Crippen LogP contribution in [0, 0.1) is 6.92 Å². The molecule has 100 valence electrons. The summed E-state index contributed by atoms with van der Waals surface area (Å²) >= 11 is 0. The van der Waals surface area contributed by atoms with E-state index in [9.17, 15) is 9.90 Å². The number of carbonyl (C=O) groups is 1. The smallest absolute Gasteiger partial charge is 0.246 e. The monoisotopic (exact) mass is 260 g/mol. The molecule has 0 aliphatic heterocycles. The van der Waals surface area contributed by atoms with Gasteiger partial charge in [0, 0.05) is 24.5 Å². The van der Waals surface area contributed by atoms with E-state index in [4.69, 9.17) is 5.73 Å². The van der Waals surface area contributed by atoms with Gasteiger partial charge in [-0.15, -0.1) is 0 Å². The Hall–Kier alpha value is -2.34. The number of benzene rings is 1. The van der Waals surface area contributed by atoms with Crippen LogP contribution in [0.2, 0.25) is 0 Å². The molecule has 1 amide bonds. The summed E-state index contributed by atoms with van der Waals surface area (Å²) < 4.78 is 1.59. The van der Waals surface area contributed by atoms with E-state index in [-0.39, 0.29) is 11.7 Å². The van der Waals surface area contributed by atoms with Gasteiger partial charge in [0.25, 0.3) is 0 Å². The minimum absolute atomic E-state index is 0.159. The minimum atomic E-state index is -0.776. The highest BCUT2D eigenvalue weighted by atomic mass is 16.3. The minimum Gasteiger partial charge on any atom is -0.508 e. The third-order valence-corrected chi connectivity index (χ3v) is 2.83. The first-order valence-electron chi connectivity index (χ1n) is 5.82. The SMILES string of the molecule is Cc1cc(O)ccc1NC(=O)C(N)c1cnn(C)c1. The number of aryl methyl sites for hydroxylation is 2. The highest BCUT2D eigenvalue weighted by molar-refractivity contribution is 5.95. The van der Waals surface area contributed by atoms with Crippen molar-refractivity contribution in [1.29, 1.82) is 0 Å². The lowest BCUT2D eigenvalue weighted by atomic mass is 10.1. The van der Waals surface area contributed by atoms with E-state index in [2.05, 4.69) is 10.4 Å². The molecule has 19 heavy (non-hydrogen) atoms. The molecule has 0 saturated carbocycles. The maximum atomic E-state index is 12.0. The maximum absolute atomic E-state index is 12.0. The summed E-state index contributed by atoms with van der Waals surface area (Å²) in [4.78, 5) is 12.0. The molecule has 1 unspecified atom stereocenters. The van der Waals surface area contributed by atoms with Gasteiger partial charge in [-0.3, -0.25) is 9.48 Å². The molecule has 6 nitrogen and oxygen atoms in total. The maximum Gasteiger partial charge on any atom is 0.246 e. The molecule has 1 aromatic carbocycles. The van der Waals surface area contributed by atoms with Crippen LogP contribution in [0.25, 0.3) is 0 Å². The van der Waals surface area contributed by atoms with Crippen LogP contribution in [-0.2, 0) is 11.8 Å². The summed E-state index contributed by atoms with van der Waals surface area (Å²) in [6.45, 7) is 1.80. The number of anilines is 1. The molecule has 1 heterocycles. The number of phenols is 1. The van der Waals surface area contributed by atoms with Gasteiger partial charge in [0.2, 0.25) is 5.91 Å². The largest absolute Gasteiger partial charge is 0.508 e. The summed E-state index contributed by atoms with van der Waals surface area (Å²) in [6, 6.07) is 3.95. The summed E-state index contributed by atoms with van der Waals surface area (Å²) in [7, 11) is 1.76. The fraction of sp³-hybridized carbons (Fsp3) is 0.231. The van der Waals surface area contributed by atoms with Crippen LogP contribution >= 0.6 is 0 Å². The first kappa shape index (κ1) is 13.1. The molecule has 4 N–H and O–H groups in total. The second-order valence-electron chi connectivity index (χ2n) is 4.41. The molecule has 2 aromatic rings. The van der Waals surface area contributed by atoms with Crippen molar-refractivity contribution >= 4 is 11.6 Å². The zero-order valence-corrected chi connectivity index (χ0v) is 10.8. The Labute approximate surface area is 110 Å². The van der Waals surface area contributed by atoms with Crippen LogP contribution in [0.4, 0.5) is 5.69 Å². The van der Waals surface area contributed by atoms with Crippen molar-refractivity contribution in [3.05, 3.63) is 41.7 Å². The zero-order valence-electron chi connectivity index (χ0n) is 10.8. The molecule has 0 bridgehead atoms. The Balaban J connectivity index is 2.12. The number of nitrogens with two attached hydrogens (primary N) is 1. The van der Waals surface area contributed by atoms with Crippen molar-refractivity contribution in [2.24, 2.45) is 12.8 Å². The Kier molecular flexibility index (Phi) is 3.52. The standard InChI is InChI=1S/C13H16N4O2/c1-8-5-10(18)3-4-11(8)16-13(19)12(14)9-6-15-17(2)7-9/h3-7,12,18H,14H2,1-2H3,(H,16,19). The number of hydrogen-bond acceptors (Lipinski definition) is 4. The highest BCUT2D eigenvalue weighted by Crippen LogP contribution is 2.21. The van der Waals surface area contributed by atoms with Gasteiger partial charge in [-0.2, -0.15) is 5.10 Å². The lowest BCUT2D eigenvalue weighted by Crippen LogP contribution is -2.27. The van der Waals surface area contributed by atoms with E-state index >= 15 is 0 Å². The van der Waals surface area contributed by atoms with E-state index < -0.39 is 6.04 Å². The van der Waals surface area contributed by atoms with E-state index in [1.54, 1.807) is 43.2 Å². The molecule has 0 aliphatic rings. The average molecular weight is 260 g/mol. The average Bonchev–Trinajstić information content (AvgIpc) is 2.78. The molecule has 1 atom stereocenters. The van der Waals surface area contributed by atoms with Gasteiger partial charge < -0.3 is 16.2 Å². The second-order valence-corrected chi connectivity index (χ2v) is 4.41. The normalized spacial score (nSPS) is 12.2. The number of aromatic hydroxyl groups is 1. The summed E-state index contributed by atoms with van der Waals surface area (Å²) in [6.07, 6.45) is 3.27. The molecular weight excluding hydrogens is 244 g/mol. The van der Waals surface area contributed by atoms with E-state index in [1.165, 1.54) is 6.07 Å². The van der Waals surface area contributed by atoms with Crippen molar-refractivity contribution in [2.75, 3.05) is 5.32 Å². The van der Waals surface area contributed by atoms with Gasteiger partial charge in [0.05, 0.1) is 6.20 Å². The Morgan fingerprint density at radius 2 is 2.26 bits per heavy atom. The lowest BCUT2D eigenvalue weighted by molar-refractivity contribution is -0.117. The topological polar surface area (TPSA) is 93.2 Å². The summed E-state index contributed by atoms with van der Waals surface area (Å²) in [5.41, 5.74) is 7.91. The van der Waals surface area contributed by atoms with Gasteiger partial charge in [-0.1, -0.05) is 0 Å². The number of carbonyl (C=O) groups excluding carboxylic acids is 1. The van der Waals surface area contributed by atoms with Crippen LogP contribution < -0.4 is 11.1 Å². The first-order valence-corrected chi connectivity index (χ1v) is 5.82. The summed E-state index contributed by atoms with van der Waals surface area (Å²) in [5, 5.41) is 16.0. The van der Waals surface area contributed by atoms with Crippen molar-refractivity contribution < 1.29 is 9.90 Å². The van der Waals surface area contributed by atoms with Gasteiger partial charge >= 0.3 is 0 Å². The van der Waals surface area contributed by atoms with E-state index in [0.29, 0.717) is 11.3 Å². The Bertz CT molecular complexity index is 606. The van der Waals surface area contributed by atoms with Crippen LogP contribution in [0.1, 0.15) is 17.2 Å². The van der Waals surface area contributed by atoms with Gasteiger partial charge in [0.15, 0.2) is 0 Å². The molecule has 0 spiro atoms. The summed E-state index contributed by atoms with van der Waals surface area (Å²) in [5.74, 6) is -0.158. The quantitative estimate of drug-likeness (QED) is 0.720. The molecule has 0 saturated heterocycles. The molecular formula is C13H16N4O2. The number of aromatic nitrogens is 2. The van der Waals surface area contributed by atoms with Crippen LogP contribution in [-0.4, -0.2) is 20.8 Å². The van der Waals surface area contributed by atoms with Crippen LogP contribution in [0.5, 0.6) is 5.75 Å². The molecule has 2 rings (SSSR count). The van der Waals surface area contributed by atoms with Crippen molar-refractivity contribution in [2.45, 2.75) is 13.0 Å². The predicted octanol–water partition coefficient (Wildman–Crippen LogP) is 1.07. The fourth-order valence-corrected chi connectivity index (χ4v) is 1.75. The van der Waals surface area contributed by atoms with E-state index in [1.807, 2.05) is 0 Å². The second kappa shape index (κ2) is 5.11. The van der Waals surface area contributed by atoms with Gasteiger partial charge in [-0.25, -0.2) is 0 Å². The Morgan fingerprint density at radius 1 is 1.53 bits per heavy atom. The van der Waals surface area contributed by atoms with Crippen LogP contribution in [0.3, 0.4) is 0 Å². The van der Waals surface area contributed by atoms with Gasteiger partial charge in [-0.05, 0) is 30.7 Å². The highest BCUT2D eigenvalue weighted by Gasteiger charge is 2.18. The van der Waals surface area contributed by atoms with Crippen molar-refractivity contribution in [3.8, 4) is 5.75 Å². The number of amides is 1. The number of nitrogens with one attached hydrogen (secondary N) is 1. The lowest BCUT2D eigenvalue weighted by Gasteiger charge is -2.12. The van der Waals surface area contributed by atoms with Gasteiger partial charge in [0.1, 0.15) is 11.8 Å².